The summed E-state index contributed by atoms with van der Waals surface area (Å²) in [5.41, 5.74) is 0.593. The number of likely N-dealkylation sites (N-methyl/N-ethyl adjacent to an activating group) is 2. The van der Waals surface area contributed by atoms with Crippen molar-refractivity contribution in [3.05, 3.63) is 24.0 Å². The van der Waals surface area contributed by atoms with E-state index in [1.54, 1.807) is 6.21 Å². The van der Waals surface area contributed by atoms with E-state index in [0.29, 0.717) is 12.0 Å². The van der Waals surface area contributed by atoms with E-state index < -0.39 is 12.6 Å². The third-order valence-electron chi connectivity index (χ3n) is 8.07. The van der Waals surface area contributed by atoms with Gasteiger partial charge in [0.1, 0.15) is 12.0 Å². The highest BCUT2D eigenvalue weighted by molar-refractivity contribution is 6.29. The number of nitrogens with zero attached hydrogens (tertiary/aromatic N) is 5. The quantitative estimate of drug-likeness (QED) is 0.403. The molecule has 0 bridgehead atoms. The van der Waals surface area contributed by atoms with E-state index in [1.165, 1.54) is 12.8 Å². The Morgan fingerprint density at radius 2 is 2.12 bits per heavy atom. The van der Waals surface area contributed by atoms with Crippen molar-refractivity contribution in [2.75, 3.05) is 14.1 Å². The Hall–Kier alpha value is -1.94. The molecule has 2 fully saturated rings. The van der Waals surface area contributed by atoms with Gasteiger partial charge >= 0.3 is 0 Å². The minimum atomic E-state index is -0.743. The molecule has 3 aliphatic heterocycles. The third-order valence-corrected chi connectivity index (χ3v) is 8.44. The molecule has 0 aromatic carbocycles. The van der Waals surface area contributed by atoms with Crippen LogP contribution < -0.4 is 10.6 Å². The Morgan fingerprint density at radius 3 is 2.79 bits per heavy atom. The van der Waals surface area contributed by atoms with E-state index in [2.05, 4.69) is 33.6 Å². The molecule has 2 aliphatic carbocycles. The van der Waals surface area contributed by atoms with Crippen LogP contribution in [0.25, 0.3) is 0 Å². The van der Waals surface area contributed by atoms with Gasteiger partial charge in [-0.05, 0) is 46.2 Å². The van der Waals surface area contributed by atoms with Crippen LogP contribution in [0.15, 0.2) is 39.1 Å². The van der Waals surface area contributed by atoms with Crippen LogP contribution in [0.2, 0.25) is 0 Å². The highest BCUT2D eigenvalue weighted by Gasteiger charge is 2.48. The number of aliphatic hydroxyl groups is 1. The predicted octanol–water partition coefficient (Wildman–Crippen LogP) is 2.00. The Balaban J connectivity index is 1.42. The maximum Gasteiger partial charge on any atom is 0.253 e. The summed E-state index contributed by atoms with van der Waals surface area (Å²) in [5.74, 6) is 1.13. The lowest BCUT2D eigenvalue weighted by atomic mass is 9.85. The van der Waals surface area contributed by atoms with Crippen LogP contribution in [0.3, 0.4) is 0 Å². The minimum absolute atomic E-state index is 0.156. The van der Waals surface area contributed by atoms with Crippen LogP contribution in [-0.2, 0) is 4.74 Å². The molecule has 0 amide bonds. The summed E-state index contributed by atoms with van der Waals surface area (Å²) < 4.78 is 6.20. The zero-order valence-corrected chi connectivity index (χ0v) is 21.1. The first-order valence-corrected chi connectivity index (χ1v) is 12.7. The van der Waals surface area contributed by atoms with Gasteiger partial charge in [0.25, 0.3) is 6.35 Å². The van der Waals surface area contributed by atoms with Crippen LogP contribution >= 0.6 is 11.6 Å². The zero-order valence-electron chi connectivity index (χ0n) is 20.4. The van der Waals surface area contributed by atoms with Crippen molar-refractivity contribution < 1.29 is 9.84 Å². The van der Waals surface area contributed by atoms with Crippen LogP contribution in [0.4, 0.5) is 0 Å². The molecule has 0 radical (unpaired) electrons. The summed E-state index contributed by atoms with van der Waals surface area (Å²) in [6, 6.07) is -0.0634. The second kappa shape index (κ2) is 9.26. The Morgan fingerprint density at radius 1 is 1.35 bits per heavy atom. The molecule has 7 unspecified atom stereocenters. The fourth-order valence-corrected chi connectivity index (χ4v) is 6.21. The number of rotatable bonds is 5. The molecule has 0 spiro atoms. The smallest absolute Gasteiger partial charge is 0.253 e. The number of halogens is 1. The Kier molecular flexibility index (Phi) is 6.48. The van der Waals surface area contributed by atoms with Gasteiger partial charge < -0.3 is 15.2 Å². The van der Waals surface area contributed by atoms with Gasteiger partial charge in [0.2, 0.25) is 5.96 Å². The molecule has 3 heterocycles. The Bertz CT molecular complexity index is 932. The number of ether oxygens (including phenoxy) is 1. The van der Waals surface area contributed by atoms with Gasteiger partial charge in [0.15, 0.2) is 0 Å². The molecular weight excluding hydrogens is 454 g/mol. The number of alkyl halides is 1. The SMILES string of the molecule is CC1=NC(=NC2OC3=CC=CCC3(C)N2C)NC(C2C(Cl)C=NN2C)C1C(O)NC1CCCC1. The van der Waals surface area contributed by atoms with Crippen molar-refractivity contribution in [2.45, 2.75) is 87.6 Å². The van der Waals surface area contributed by atoms with Crippen LogP contribution in [0.1, 0.15) is 46.0 Å². The van der Waals surface area contributed by atoms with Crippen molar-refractivity contribution in [1.29, 1.82) is 0 Å². The number of hydrogen-bond donors (Lipinski definition) is 3. The van der Waals surface area contributed by atoms with E-state index in [-0.39, 0.29) is 28.9 Å². The first-order chi connectivity index (χ1) is 16.3. The number of aliphatic hydroxyl groups excluding tert-OH is 1. The normalized spacial score (nSPS) is 40.2. The van der Waals surface area contributed by atoms with E-state index in [0.717, 1.165) is 30.7 Å². The molecular formula is C24H36ClN7O2. The summed E-state index contributed by atoms with van der Waals surface area (Å²) in [4.78, 5) is 11.8. The number of hydrogen-bond acceptors (Lipinski definition) is 7. The monoisotopic (exact) mass is 489 g/mol. The number of aliphatic imine (C=N–C) groups is 2. The summed E-state index contributed by atoms with van der Waals surface area (Å²) in [6.45, 7) is 4.12. The maximum absolute atomic E-state index is 11.3. The molecule has 1 saturated carbocycles. The second-order valence-electron chi connectivity index (χ2n) is 10.3. The van der Waals surface area contributed by atoms with Gasteiger partial charge in [0.05, 0.1) is 28.9 Å². The number of allylic oxidation sites excluding steroid dienone is 2. The maximum atomic E-state index is 11.3. The summed E-state index contributed by atoms with van der Waals surface area (Å²) in [7, 11) is 3.94. The number of guanidine groups is 1. The molecule has 10 heteroatoms. The molecule has 34 heavy (non-hydrogen) atoms. The van der Waals surface area contributed by atoms with Crippen LogP contribution in [0.5, 0.6) is 0 Å². The fraction of sp³-hybridized carbons (Fsp3) is 0.708. The van der Waals surface area contributed by atoms with Crippen molar-refractivity contribution in [1.82, 2.24) is 20.5 Å². The lowest BCUT2D eigenvalue weighted by Crippen LogP contribution is -2.63. The van der Waals surface area contributed by atoms with E-state index >= 15 is 0 Å². The largest absolute Gasteiger partial charge is 0.457 e. The van der Waals surface area contributed by atoms with Gasteiger partial charge in [-0.2, -0.15) is 10.1 Å². The minimum Gasteiger partial charge on any atom is -0.457 e. The highest BCUT2D eigenvalue weighted by Crippen LogP contribution is 2.40. The van der Waals surface area contributed by atoms with Gasteiger partial charge in [-0.3, -0.25) is 10.3 Å². The first-order valence-electron chi connectivity index (χ1n) is 12.3. The molecule has 5 rings (SSSR count). The highest BCUT2D eigenvalue weighted by atomic mass is 35.5. The fourth-order valence-electron chi connectivity index (χ4n) is 5.84. The summed E-state index contributed by atoms with van der Waals surface area (Å²) in [6.07, 6.45) is 12.1. The lowest BCUT2D eigenvalue weighted by Gasteiger charge is -2.42. The summed E-state index contributed by atoms with van der Waals surface area (Å²) in [5, 5.41) is 24.2. The second-order valence-corrected chi connectivity index (χ2v) is 10.8. The van der Waals surface area contributed by atoms with Crippen molar-refractivity contribution in [3.8, 4) is 0 Å². The third kappa shape index (κ3) is 4.17. The molecule has 3 N–H and O–H groups in total. The predicted molar refractivity (Wildman–Crippen MR) is 135 cm³/mol. The van der Waals surface area contributed by atoms with Gasteiger partial charge in [0, 0.05) is 25.0 Å². The van der Waals surface area contributed by atoms with Gasteiger partial charge in [-0.15, -0.1) is 11.6 Å². The molecule has 9 nitrogen and oxygen atoms in total. The number of fused-ring (bicyclic) bond motifs is 1. The van der Waals surface area contributed by atoms with Crippen molar-refractivity contribution >= 4 is 29.5 Å². The van der Waals surface area contributed by atoms with Gasteiger partial charge in [-0.25, -0.2) is 9.89 Å². The zero-order chi connectivity index (χ0) is 24.0. The van der Waals surface area contributed by atoms with Crippen LogP contribution in [0, 0.1) is 5.92 Å². The number of hydrazone groups is 1. The average molecular weight is 490 g/mol. The van der Waals surface area contributed by atoms with Crippen LogP contribution in [-0.4, -0.2) is 88.6 Å². The standard InChI is InChI=1S/C24H36ClN7O2/c1-14-18(21(33)28-15-9-5-6-10-15)19(20-16(25)13-26-32(20)4)29-22(27-14)30-23-31(3)24(2)12-8-7-11-17(24)34-23/h7-8,11,13,15-16,18-21,23,28,33H,5-6,9-10,12H2,1-4H3,(H,29,30). The van der Waals surface area contributed by atoms with E-state index in [4.69, 9.17) is 26.3 Å². The topological polar surface area (TPSA) is 97.1 Å². The molecule has 0 aromatic rings. The molecule has 5 aliphatic rings. The van der Waals surface area contributed by atoms with Crippen molar-refractivity contribution in [3.63, 3.8) is 0 Å². The number of nitrogens with one attached hydrogen (secondary N) is 2. The first kappa shape index (κ1) is 23.8. The molecule has 186 valence electrons. The van der Waals surface area contributed by atoms with Gasteiger partial charge in [-0.1, -0.05) is 25.0 Å². The average Bonchev–Trinajstić information content (AvgIpc) is 3.48. The molecule has 1 saturated heterocycles. The Labute approximate surface area is 206 Å². The van der Waals surface area contributed by atoms with Crippen molar-refractivity contribution in [2.24, 2.45) is 21.0 Å². The van der Waals surface area contributed by atoms with E-state index in [1.807, 2.05) is 38.2 Å². The lowest BCUT2D eigenvalue weighted by molar-refractivity contribution is 0.0549. The van der Waals surface area contributed by atoms with E-state index in [9.17, 15) is 5.11 Å². The summed E-state index contributed by atoms with van der Waals surface area (Å²) >= 11 is 6.68. The molecule has 7 atom stereocenters. The molecule has 0 aromatic heterocycles.